The third-order valence-corrected chi connectivity index (χ3v) is 7.17. The molecule has 4 rings (SSSR count). The van der Waals surface area contributed by atoms with Gasteiger partial charge in [0.1, 0.15) is 12.2 Å². The van der Waals surface area contributed by atoms with Crippen molar-refractivity contribution in [1.82, 2.24) is 9.80 Å². The summed E-state index contributed by atoms with van der Waals surface area (Å²) in [5.74, 6) is 1.90. The molecule has 6 heteroatoms. The molecule has 1 unspecified atom stereocenters. The van der Waals surface area contributed by atoms with Gasteiger partial charge in [-0.2, -0.15) is 0 Å². The van der Waals surface area contributed by atoms with Crippen LogP contribution in [0.4, 0.5) is 4.79 Å². The highest BCUT2D eigenvalue weighted by Gasteiger charge is 2.62. The van der Waals surface area contributed by atoms with E-state index in [-0.39, 0.29) is 29.6 Å². The lowest BCUT2D eigenvalue weighted by molar-refractivity contribution is 0.0416. The molecule has 0 saturated heterocycles. The Kier molecular flexibility index (Phi) is 4.94. The first-order valence-corrected chi connectivity index (χ1v) is 10.5. The number of nitrogens with zero attached hydrogens (tertiary/aromatic N) is 2. The van der Waals surface area contributed by atoms with Crippen molar-refractivity contribution in [3.05, 3.63) is 23.3 Å². The lowest BCUT2D eigenvalue weighted by atomic mass is 9.69. The van der Waals surface area contributed by atoms with Crippen LogP contribution in [0, 0.1) is 5.92 Å². The minimum absolute atomic E-state index is 0.0218. The molecular formula is C22H32N2O4. The number of ether oxygens (including phenoxy) is 3. The van der Waals surface area contributed by atoms with Gasteiger partial charge in [-0.3, -0.25) is 0 Å². The number of benzene rings is 1. The Bertz CT molecular complexity index is 763. The first kappa shape index (κ1) is 19.4. The molecule has 1 aromatic carbocycles. The summed E-state index contributed by atoms with van der Waals surface area (Å²) < 4.78 is 18.1. The number of amides is 1. The van der Waals surface area contributed by atoms with E-state index in [1.54, 1.807) is 12.0 Å². The van der Waals surface area contributed by atoms with E-state index >= 15 is 0 Å². The summed E-state index contributed by atoms with van der Waals surface area (Å²) in [5.41, 5.74) is 2.47. The molecule has 1 saturated carbocycles. The molecule has 0 radical (unpaired) electrons. The van der Waals surface area contributed by atoms with Crippen LogP contribution in [-0.2, 0) is 16.7 Å². The third kappa shape index (κ3) is 2.68. The van der Waals surface area contributed by atoms with E-state index in [0.717, 1.165) is 37.4 Å². The van der Waals surface area contributed by atoms with Gasteiger partial charge < -0.3 is 24.0 Å². The second-order valence-electron chi connectivity index (χ2n) is 8.38. The Hall–Kier alpha value is -1.95. The molecule has 4 atom stereocenters. The molecule has 0 bridgehead atoms. The van der Waals surface area contributed by atoms with Gasteiger partial charge in [-0.1, -0.05) is 13.0 Å². The maximum absolute atomic E-state index is 12.6. The standard InChI is InChI=1S/C22H32N2O4/c1-6-24(7-2)21(25)27-17-12-18-22(14(17)3)10-11-23(4)13-15-8-9-16(26-5)20(28-18)19(15)22/h8-9,14,17-18H,6-7,10-13H2,1-5H3/t14?,17-,18+,22-/m1/s1. The van der Waals surface area contributed by atoms with Gasteiger partial charge in [0.25, 0.3) is 0 Å². The van der Waals surface area contributed by atoms with Gasteiger partial charge in [0.05, 0.1) is 7.11 Å². The van der Waals surface area contributed by atoms with Gasteiger partial charge in [0.2, 0.25) is 0 Å². The van der Waals surface area contributed by atoms with Crippen LogP contribution in [0.1, 0.15) is 44.7 Å². The van der Waals surface area contributed by atoms with Crippen molar-refractivity contribution in [2.24, 2.45) is 5.92 Å². The van der Waals surface area contributed by atoms with E-state index in [2.05, 4.69) is 24.9 Å². The number of hydrogen-bond acceptors (Lipinski definition) is 5. The Morgan fingerprint density at radius 2 is 2.11 bits per heavy atom. The van der Waals surface area contributed by atoms with Crippen molar-refractivity contribution in [3.63, 3.8) is 0 Å². The number of hydrogen-bond donors (Lipinski definition) is 0. The van der Waals surface area contributed by atoms with Crippen LogP contribution in [0.5, 0.6) is 11.5 Å². The first-order chi connectivity index (χ1) is 13.5. The van der Waals surface area contributed by atoms with E-state index in [0.29, 0.717) is 13.1 Å². The van der Waals surface area contributed by atoms with Crippen LogP contribution < -0.4 is 9.47 Å². The van der Waals surface area contributed by atoms with E-state index in [1.807, 2.05) is 19.9 Å². The van der Waals surface area contributed by atoms with Crippen molar-refractivity contribution in [2.75, 3.05) is 33.8 Å². The van der Waals surface area contributed by atoms with Crippen LogP contribution in [0.25, 0.3) is 0 Å². The zero-order valence-electron chi connectivity index (χ0n) is 17.7. The Labute approximate surface area is 167 Å². The van der Waals surface area contributed by atoms with Crippen LogP contribution >= 0.6 is 0 Å². The van der Waals surface area contributed by atoms with Crippen LogP contribution in [0.2, 0.25) is 0 Å². The fourth-order valence-electron chi connectivity index (χ4n) is 5.55. The SMILES string of the molecule is CCN(CC)C(=O)O[C@@H]1C[C@@H]2Oc3c(OC)ccc4c3[C@]2(CCN(C)C4)C1C. The summed E-state index contributed by atoms with van der Waals surface area (Å²) in [5, 5.41) is 0. The number of methoxy groups -OCH3 is 1. The van der Waals surface area contributed by atoms with Gasteiger partial charge >= 0.3 is 6.09 Å². The van der Waals surface area contributed by atoms with Gasteiger partial charge in [0.15, 0.2) is 11.5 Å². The predicted octanol–water partition coefficient (Wildman–Crippen LogP) is 3.42. The fraction of sp³-hybridized carbons (Fsp3) is 0.682. The summed E-state index contributed by atoms with van der Waals surface area (Å²) in [6.45, 7) is 9.42. The minimum Gasteiger partial charge on any atom is -0.493 e. The van der Waals surface area contributed by atoms with Crippen molar-refractivity contribution in [2.45, 2.75) is 57.8 Å². The summed E-state index contributed by atoms with van der Waals surface area (Å²) >= 11 is 0. The largest absolute Gasteiger partial charge is 0.493 e. The molecule has 6 nitrogen and oxygen atoms in total. The third-order valence-electron chi connectivity index (χ3n) is 7.17. The van der Waals surface area contributed by atoms with Gasteiger partial charge in [-0.25, -0.2) is 4.79 Å². The molecule has 2 aliphatic heterocycles. The molecule has 1 aromatic rings. The molecule has 28 heavy (non-hydrogen) atoms. The highest BCUT2D eigenvalue weighted by atomic mass is 16.6. The van der Waals surface area contributed by atoms with Crippen LogP contribution in [-0.4, -0.2) is 61.9 Å². The molecule has 1 fully saturated rings. The minimum atomic E-state index is -0.213. The zero-order valence-corrected chi connectivity index (χ0v) is 17.7. The maximum atomic E-state index is 12.6. The van der Waals surface area contributed by atoms with Crippen LogP contribution in [0.15, 0.2) is 12.1 Å². The monoisotopic (exact) mass is 388 g/mol. The molecule has 2 heterocycles. The van der Waals surface area contributed by atoms with Gasteiger partial charge in [0, 0.05) is 43.0 Å². The van der Waals surface area contributed by atoms with E-state index < -0.39 is 0 Å². The lowest BCUT2D eigenvalue weighted by Crippen LogP contribution is -2.41. The van der Waals surface area contributed by atoms with E-state index in [4.69, 9.17) is 14.2 Å². The fourth-order valence-corrected chi connectivity index (χ4v) is 5.55. The molecule has 0 N–H and O–H groups in total. The molecule has 154 valence electrons. The van der Waals surface area contributed by atoms with Gasteiger partial charge in [-0.15, -0.1) is 0 Å². The highest BCUT2D eigenvalue weighted by molar-refractivity contribution is 5.68. The Balaban J connectivity index is 1.71. The van der Waals surface area contributed by atoms with E-state index in [9.17, 15) is 4.79 Å². The Morgan fingerprint density at radius 1 is 1.36 bits per heavy atom. The molecule has 3 aliphatic rings. The summed E-state index contributed by atoms with van der Waals surface area (Å²) in [7, 11) is 3.87. The molecule has 0 aromatic heterocycles. The number of rotatable bonds is 4. The topological polar surface area (TPSA) is 51.2 Å². The number of carbonyl (C=O) groups excluding carboxylic acids is 1. The lowest BCUT2D eigenvalue weighted by Gasteiger charge is -2.34. The Morgan fingerprint density at radius 3 is 2.79 bits per heavy atom. The highest BCUT2D eigenvalue weighted by Crippen LogP contribution is 2.61. The van der Waals surface area contributed by atoms with Crippen molar-refractivity contribution in [3.8, 4) is 11.5 Å². The van der Waals surface area contributed by atoms with Crippen molar-refractivity contribution < 1.29 is 19.0 Å². The summed E-state index contributed by atoms with van der Waals surface area (Å²) in [6.07, 6.45) is 1.41. The number of carbonyl (C=O) groups is 1. The summed E-state index contributed by atoms with van der Waals surface area (Å²) in [4.78, 5) is 16.7. The first-order valence-electron chi connectivity index (χ1n) is 10.5. The molecule has 1 spiro atoms. The van der Waals surface area contributed by atoms with E-state index in [1.165, 1.54) is 11.1 Å². The van der Waals surface area contributed by atoms with Crippen molar-refractivity contribution >= 4 is 6.09 Å². The predicted molar refractivity (Wildman–Crippen MR) is 107 cm³/mol. The smallest absolute Gasteiger partial charge is 0.410 e. The van der Waals surface area contributed by atoms with Crippen LogP contribution in [0.3, 0.4) is 0 Å². The average molecular weight is 389 g/mol. The molecule has 1 aliphatic carbocycles. The second-order valence-corrected chi connectivity index (χ2v) is 8.38. The quantitative estimate of drug-likeness (QED) is 0.791. The van der Waals surface area contributed by atoms with Gasteiger partial charge in [-0.05, 0) is 45.5 Å². The average Bonchev–Trinajstić information content (AvgIpc) is 3.07. The normalized spacial score (nSPS) is 30.8. The molecule has 1 amide bonds. The molecular weight excluding hydrogens is 356 g/mol. The summed E-state index contributed by atoms with van der Waals surface area (Å²) in [6, 6.07) is 4.19. The zero-order chi connectivity index (χ0) is 20.1. The maximum Gasteiger partial charge on any atom is 0.410 e. The van der Waals surface area contributed by atoms with Crippen molar-refractivity contribution in [1.29, 1.82) is 0 Å². The second kappa shape index (κ2) is 7.14.